The highest BCUT2D eigenvalue weighted by molar-refractivity contribution is 5.28. The Bertz CT molecular complexity index is 729. The van der Waals surface area contributed by atoms with Gasteiger partial charge in [-0.1, -0.05) is 18.6 Å². The van der Waals surface area contributed by atoms with Crippen molar-refractivity contribution < 1.29 is 9.47 Å². The van der Waals surface area contributed by atoms with Crippen LogP contribution < -0.4 is 15.8 Å². The van der Waals surface area contributed by atoms with Crippen LogP contribution in [-0.2, 0) is 24.9 Å². The van der Waals surface area contributed by atoms with Crippen molar-refractivity contribution in [3.05, 3.63) is 35.7 Å². The number of ether oxygens (including phenoxy) is 2. The Labute approximate surface area is 167 Å². The number of anilines is 1. The van der Waals surface area contributed by atoms with Crippen molar-refractivity contribution >= 4 is 5.95 Å². The summed E-state index contributed by atoms with van der Waals surface area (Å²) in [5, 5.41) is 7.37. The molecule has 1 aromatic heterocycles. The lowest BCUT2D eigenvalue weighted by atomic mass is 10.1. The first-order valence-electron chi connectivity index (χ1n) is 10.1. The van der Waals surface area contributed by atoms with Gasteiger partial charge in [0.1, 0.15) is 18.6 Å². The van der Waals surface area contributed by atoms with Crippen LogP contribution in [0.2, 0.25) is 0 Å². The zero-order valence-corrected chi connectivity index (χ0v) is 16.9. The second-order valence-electron chi connectivity index (χ2n) is 7.17. The van der Waals surface area contributed by atoms with E-state index in [9.17, 15) is 0 Å². The van der Waals surface area contributed by atoms with Crippen LogP contribution in [0.3, 0.4) is 0 Å². The monoisotopic (exact) mass is 388 g/mol. The quantitative estimate of drug-likeness (QED) is 0.476. The van der Waals surface area contributed by atoms with Crippen molar-refractivity contribution in [2.24, 2.45) is 12.8 Å². The number of nitrogens with zero attached hydrogens (tertiary/aromatic N) is 4. The van der Waals surface area contributed by atoms with Crippen molar-refractivity contribution in [2.75, 3.05) is 31.6 Å². The number of rotatable bonds is 10. The molecule has 154 valence electrons. The summed E-state index contributed by atoms with van der Waals surface area (Å²) in [6, 6.07) is 8.35. The first kappa shape index (κ1) is 20.6. The van der Waals surface area contributed by atoms with Crippen LogP contribution in [-0.4, -0.2) is 52.2 Å². The van der Waals surface area contributed by atoms with Crippen molar-refractivity contribution in [2.45, 2.75) is 45.5 Å². The third-order valence-electron chi connectivity index (χ3n) is 4.80. The van der Waals surface area contributed by atoms with Gasteiger partial charge in [0.05, 0.1) is 13.2 Å². The Hall–Kier alpha value is -2.16. The summed E-state index contributed by atoms with van der Waals surface area (Å²) in [5.41, 5.74) is 6.86. The Balaban J connectivity index is 1.38. The third kappa shape index (κ3) is 6.19. The molecule has 28 heavy (non-hydrogen) atoms. The summed E-state index contributed by atoms with van der Waals surface area (Å²) >= 11 is 0. The molecule has 1 aliphatic heterocycles. The molecule has 0 saturated carbocycles. The highest BCUT2D eigenvalue weighted by atomic mass is 16.5. The van der Waals surface area contributed by atoms with Gasteiger partial charge in [0.25, 0.3) is 0 Å². The first-order chi connectivity index (χ1) is 13.6. The molecule has 8 heteroatoms. The number of benzene rings is 1. The molecule has 3 rings (SSSR count). The molecule has 1 atom stereocenters. The lowest BCUT2D eigenvalue weighted by molar-refractivity contribution is 0.0595. The van der Waals surface area contributed by atoms with Crippen molar-refractivity contribution in [3.63, 3.8) is 0 Å². The highest BCUT2D eigenvalue weighted by Gasteiger charge is 2.11. The number of aryl methyl sites for hydroxylation is 1. The summed E-state index contributed by atoms with van der Waals surface area (Å²) in [5.74, 6) is 2.13. The SMILES string of the molecule is CC(Nc1nc(CN)nn1C)OCCOc1cccc(CN2CCCCC2)c1. The van der Waals surface area contributed by atoms with Gasteiger partial charge in [-0.25, -0.2) is 4.68 Å². The average molecular weight is 389 g/mol. The fourth-order valence-corrected chi connectivity index (χ4v) is 3.37. The van der Waals surface area contributed by atoms with Gasteiger partial charge < -0.3 is 20.5 Å². The molecule has 1 unspecified atom stereocenters. The molecule has 1 aromatic carbocycles. The Morgan fingerprint density at radius 3 is 2.79 bits per heavy atom. The standard InChI is InChI=1S/C20H32N6O2/c1-16(22-20-23-19(14-21)24-25(20)2)27-11-12-28-18-8-6-7-17(13-18)15-26-9-4-3-5-10-26/h6-8,13,16H,3-5,9-12,14-15,21H2,1-2H3,(H,22,23,24). The fourth-order valence-electron chi connectivity index (χ4n) is 3.37. The van der Waals surface area contributed by atoms with Crippen LogP contribution in [0.25, 0.3) is 0 Å². The van der Waals surface area contributed by atoms with E-state index in [1.807, 2.05) is 20.0 Å². The number of hydrogen-bond acceptors (Lipinski definition) is 7. The summed E-state index contributed by atoms with van der Waals surface area (Å²) in [6.07, 6.45) is 3.77. The molecular formula is C20H32N6O2. The normalized spacial score (nSPS) is 16.1. The molecule has 2 aromatic rings. The number of likely N-dealkylation sites (tertiary alicyclic amines) is 1. The van der Waals surface area contributed by atoms with Gasteiger partial charge in [0.2, 0.25) is 5.95 Å². The van der Waals surface area contributed by atoms with E-state index in [2.05, 4.69) is 38.5 Å². The maximum absolute atomic E-state index is 5.86. The van der Waals surface area contributed by atoms with E-state index in [0.717, 1.165) is 12.3 Å². The molecule has 2 heterocycles. The molecular weight excluding hydrogens is 356 g/mol. The third-order valence-corrected chi connectivity index (χ3v) is 4.80. The smallest absolute Gasteiger partial charge is 0.223 e. The predicted octanol–water partition coefficient (Wildman–Crippen LogP) is 2.11. The fraction of sp³-hybridized carbons (Fsp3) is 0.600. The molecule has 8 nitrogen and oxygen atoms in total. The Morgan fingerprint density at radius 2 is 2.04 bits per heavy atom. The molecule has 3 N–H and O–H groups in total. The maximum Gasteiger partial charge on any atom is 0.223 e. The Kier molecular flexibility index (Phi) is 7.64. The lowest BCUT2D eigenvalue weighted by Crippen LogP contribution is -2.29. The maximum atomic E-state index is 5.86. The van der Waals surface area contributed by atoms with Crippen LogP contribution in [0, 0.1) is 0 Å². The number of hydrogen-bond donors (Lipinski definition) is 2. The van der Waals surface area contributed by atoms with E-state index in [1.54, 1.807) is 4.68 Å². The van der Waals surface area contributed by atoms with Gasteiger partial charge in [-0.2, -0.15) is 10.1 Å². The molecule has 0 bridgehead atoms. The van der Waals surface area contributed by atoms with Crippen LogP contribution in [0.5, 0.6) is 5.75 Å². The van der Waals surface area contributed by atoms with Gasteiger partial charge in [-0.05, 0) is 50.6 Å². The molecule has 0 radical (unpaired) electrons. The number of nitrogens with two attached hydrogens (primary N) is 1. The van der Waals surface area contributed by atoms with Crippen molar-refractivity contribution in [1.29, 1.82) is 0 Å². The van der Waals surface area contributed by atoms with Crippen LogP contribution in [0.1, 0.15) is 37.6 Å². The molecule has 0 aliphatic carbocycles. The molecule has 0 amide bonds. The molecule has 1 aliphatic rings. The summed E-state index contributed by atoms with van der Waals surface area (Å²) in [4.78, 5) is 6.82. The molecule has 0 spiro atoms. The number of aromatic nitrogens is 3. The van der Waals surface area contributed by atoms with E-state index in [-0.39, 0.29) is 6.23 Å². The Morgan fingerprint density at radius 1 is 1.21 bits per heavy atom. The van der Waals surface area contributed by atoms with E-state index in [1.165, 1.54) is 37.9 Å². The van der Waals surface area contributed by atoms with Gasteiger partial charge in [0.15, 0.2) is 5.82 Å². The number of nitrogens with one attached hydrogen (secondary N) is 1. The topological polar surface area (TPSA) is 90.5 Å². The van der Waals surface area contributed by atoms with Crippen LogP contribution in [0.15, 0.2) is 24.3 Å². The first-order valence-corrected chi connectivity index (χ1v) is 10.1. The van der Waals surface area contributed by atoms with E-state index >= 15 is 0 Å². The lowest BCUT2D eigenvalue weighted by Gasteiger charge is -2.26. The second-order valence-corrected chi connectivity index (χ2v) is 7.17. The summed E-state index contributed by atoms with van der Waals surface area (Å²) in [6.45, 7) is 6.60. The van der Waals surface area contributed by atoms with Crippen molar-refractivity contribution in [1.82, 2.24) is 19.7 Å². The minimum absolute atomic E-state index is 0.206. The van der Waals surface area contributed by atoms with Crippen LogP contribution in [0.4, 0.5) is 5.95 Å². The van der Waals surface area contributed by atoms with Crippen molar-refractivity contribution in [3.8, 4) is 5.75 Å². The minimum Gasteiger partial charge on any atom is -0.491 e. The summed E-state index contributed by atoms with van der Waals surface area (Å²) in [7, 11) is 1.82. The second kappa shape index (κ2) is 10.4. The van der Waals surface area contributed by atoms with Gasteiger partial charge in [-0.3, -0.25) is 4.90 Å². The molecule has 1 saturated heterocycles. The average Bonchev–Trinajstić information content (AvgIpc) is 3.06. The predicted molar refractivity (Wildman–Crippen MR) is 109 cm³/mol. The minimum atomic E-state index is -0.206. The van der Waals surface area contributed by atoms with Crippen LogP contribution >= 0.6 is 0 Å². The van der Waals surface area contributed by atoms with E-state index in [0.29, 0.717) is 31.5 Å². The molecule has 1 fully saturated rings. The zero-order chi connectivity index (χ0) is 19.8. The zero-order valence-electron chi connectivity index (χ0n) is 16.9. The highest BCUT2D eigenvalue weighted by Crippen LogP contribution is 2.17. The van der Waals surface area contributed by atoms with Gasteiger partial charge in [-0.15, -0.1) is 0 Å². The van der Waals surface area contributed by atoms with E-state index in [4.69, 9.17) is 15.2 Å². The van der Waals surface area contributed by atoms with Gasteiger partial charge in [0, 0.05) is 13.6 Å². The van der Waals surface area contributed by atoms with Gasteiger partial charge >= 0.3 is 0 Å². The largest absolute Gasteiger partial charge is 0.491 e. The summed E-state index contributed by atoms with van der Waals surface area (Å²) < 4.78 is 13.3. The van der Waals surface area contributed by atoms with E-state index < -0.39 is 0 Å². The number of piperidine rings is 1.